The molecule has 1 heterocycles. The van der Waals surface area contributed by atoms with Crippen LogP contribution in [0.5, 0.6) is 17.2 Å². The average Bonchev–Trinajstić information content (AvgIpc) is 3.71. The number of rotatable bonds is 8. The smallest absolute Gasteiger partial charge is 0.493 e. The van der Waals surface area contributed by atoms with Gasteiger partial charge in [-0.15, -0.1) is 0 Å². The molecule has 3 aromatic rings. The fourth-order valence-electron chi connectivity index (χ4n) is 4.28. The summed E-state index contributed by atoms with van der Waals surface area (Å²) in [7, 11) is 0. The minimum atomic E-state index is -1.35. The minimum absolute atomic E-state index is 0.152. The maximum Gasteiger partial charge on any atom is 0.506 e. The number of carboxylic acid groups (broad SMARTS) is 1. The number of amides is 1. The largest absolute Gasteiger partial charge is 0.506 e. The summed E-state index contributed by atoms with van der Waals surface area (Å²) in [5.41, 5.74) is 3.70. The normalized spacial score (nSPS) is 16.4. The van der Waals surface area contributed by atoms with Crippen molar-refractivity contribution in [2.45, 2.75) is 37.7 Å². The first-order valence-corrected chi connectivity index (χ1v) is 12.3. The summed E-state index contributed by atoms with van der Waals surface area (Å²) in [4.78, 5) is 23.5. The van der Waals surface area contributed by atoms with Gasteiger partial charge in [-0.2, -0.15) is 0 Å². The first-order valence-electron chi connectivity index (χ1n) is 12.0. The quantitative estimate of drug-likeness (QED) is 0.338. The molecule has 8 heteroatoms. The van der Waals surface area contributed by atoms with Gasteiger partial charge in [0.15, 0.2) is 0 Å². The van der Waals surface area contributed by atoms with Crippen molar-refractivity contribution in [3.05, 3.63) is 87.9 Å². The van der Waals surface area contributed by atoms with Crippen molar-refractivity contribution in [2.75, 3.05) is 13.2 Å². The number of benzene rings is 3. The third-order valence-corrected chi connectivity index (χ3v) is 6.66. The molecule has 0 bridgehead atoms. The Hall–Kier alpha value is -3.71. The lowest BCUT2D eigenvalue weighted by Crippen LogP contribution is -2.25. The number of halogens is 1. The molecule has 7 nitrogen and oxygen atoms in total. The number of carbonyl (C=O) groups is 2. The van der Waals surface area contributed by atoms with Crippen LogP contribution in [0.3, 0.4) is 0 Å². The molecule has 1 unspecified atom stereocenters. The van der Waals surface area contributed by atoms with Gasteiger partial charge in [0.05, 0.1) is 11.6 Å². The van der Waals surface area contributed by atoms with Gasteiger partial charge < -0.3 is 24.6 Å². The Bertz CT molecular complexity index is 1250. The Morgan fingerprint density at radius 1 is 1.03 bits per heavy atom. The van der Waals surface area contributed by atoms with E-state index in [0.717, 1.165) is 12.3 Å². The molecule has 2 aliphatic rings. The molecule has 0 radical (unpaired) electrons. The summed E-state index contributed by atoms with van der Waals surface area (Å²) >= 11 is 6.38. The van der Waals surface area contributed by atoms with Crippen LogP contribution < -0.4 is 14.8 Å². The van der Waals surface area contributed by atoms with E-state index in [-0.39, 0.29) is 5.91 Å². The van der Waals surface area contributed by atoms with Crippen molar-refractivity contribution in [3.63, 3.8) is 0 Å². The van der Waals surface area contributed by atoms with E-state index in [1.54, 1.807) is 36.4 Å². The molecule has 5 rings (SSSR count). The second-order valence-electron chi connectivity index (χ2n) is 8.98. The van der Waals surface area contributed by atoms with Gasteiger partial charge in [0.25, 0.3) is 5.91 Å². The number of fused-ring (bicyclic) bond motifs is 1. The molecular weight excluding hydrogens is 482 g/mol. The van der Waals surface area contributed by atoms with E-state index in [4.69, 9.17) is 30.9 Å². The molecule has 186 valence electrons. The van der Waals surface area contributed by atoms with Gasteiger partial charge in [-0.3, -0.25) is 4.79 Å². The average molecular weight is 508 g/mol. The van der Waals surface area contributed by atoms with E-state index in [9.17, 15) is 9.59 Å². The summed E-state index contributed by atoms with van der Waals surface area (Å²) in [6, 6.07) is 18.6. The van der Waals surface area contributed by atoms with Crippen molar-refractivity contribution in [1.82, 2.24) is 5.32 Å². The van der Waals surface area contributed by atoms with Gasteiger partial charge in [0.1, 0.15) is 23.4 Å². The van der Waals surface area contributed by atoms with Crippen LogP contribution in [0.4, 0.5) is 4.79 Å². The highest BCUT2D eigenvalue weighted by molar-refractivity contribution is 6.32. The van der Waals surface area contributed by atoms with Crippen molar-refractivity contribution in [3.8, 4) is 17.2 Å². The van der Waals surface area contributed by atoms with E-state index in [0.29, 0.717) is 53.0 Å². The maximum absolute atomic E-state index is 12.5. The summed E-state index contributed by atoms with van der Waals surface area (Å²) in [6.07, 6.45) is 1.77. The van der Waals surface area contributed by atoms with E-state index in [1.807, 2.05) is 0 Å². The van der Waals surface area contributed by atoms with Crippen LogP contribution in [0.2, 0.25) is 5.02 Å². The van der Waals surface area contributed by atoms with Crippen LogP contribution in [0.25, 0.3) is 0 Å². The molecule has 1 atom stereocenters. The Balaban J connectivity index is 1.17. The van der Waals surface area contributed by atoms with Crippen molar-refractivity contribution in [1.29, 1.82) is 0 Å². The van der Waals surface area contributed by atoms with Crippen LogP contribution in [0.15, 0.2) is 60.7 Å². The van der Waals surface area contributed by atoms with Crippen LogP contribution in [-0.2, 0) is 11.2 Å². The topological polar surface area (TPSA) is 94.1 Å². The molecule has 36 heavy (non-hydrogen) atoms. The predicted octanol–water partition coefficient (Wildman–Crippen LogP) is 6.50. The molecular formula is C28H26ClNO6. The zero-order chi connectivity index (χ0) is 25.1. The third-order valence-electron chi connectivity index (χ3n) is 6.36. The fourth-order valence-corrected chi connectivity index (χ4v) is 4.49. The lowest BCUT2D eigenvalue weighted by Gasteiger charge is -2.25. The van der Waals surface area contributed by atoms with Gasteiger partial charge >= 0.3 is 6.16 Å². The van der Waals surface area contributed by atoms with E-state index in [2.05, 4.69) is 29.6 Å². The number of hydrogen-bond donors (Lipinski definition) is 2. The molecule has 0 aromatic heterocycles. The zero-order valence-corrected chi connectivity index (χ0v) is 20.3. The minimum Gasteiger partial charge on any atom is -0.493 e. The number of hydrogen-bond acceptors (Lipinski definition) is 5. The van der Waals surface area contributed by atoms with Gasteiger partial charge in [-0.25, -0.2) is 4.79 Å². The molecule has 2 N–H and O–H groups in total. The molecule has 0 saturated heterocycles. The van der Waals surface area contributed by atoms with Crippen molar-refractivity contribution in [2.24, 2.45) is 0 Å². The van der Waals surface area contributed by atoms with Gasteiger partial charge in [-0.05, 0) is 66.6 Å². The molecule has 1 fully saturated rings. The Labute approximate surface area is 213 Å². The Morgan fingerprint density at radius 3 is 2.47 bits per heavy atom. The van der Waals surface area contributed by atoms with Gasteiger partial charge in [0.2, 0.25) is 0 Å². The first-order chi connectivity index (χ1) is 17.5. The van der Waals surface area contributed by atoms with Crippen LogP contribution in [0, 0.1) is 0 Å². The highest BCUT2D eigenvalue weighted by Crippen LogP contribution is 2.42. The van der Waals surface area contributed by atoms with E-state index >= 15 is 0 Å². The lowest BCUT2D eigenvalue weighted by atomic mass is 10.0. The highest BCUT2D eigenvalue weighted by atomic mass is 35.5. The fraction of sp³-hybridized carbons (Fsp3) is 0.286. The van der Waals surface area contributed by atoms with Gasteiger partial charge in [0, 0.05) is 30.2 Å². The van der Waals surface area contributed by atoms with Crippen LogP contribution >= 0.6 is 11.6 Å². The molecule has 1 aliphatic heterocycles. The summed E-state index contributed by atoms with van der Waals surface area (Å²) in [5, 5.41) is 12.2. The van der Waals surface area contributed by atoms with E-state index in [1.165, 1.54) is 24.0 Å². The van der Waals surface area contributed by atoms with Crippen molar-refractivity contribution >= 4 is 23.7 Å². The molecule has 1 aliphatic carbocycles. The Kier molecular flexibility index (Phi) is 7.00. The summed E-state index contributed by atoms with van der Waals surface area (Å²) in [6.45, 7) is 0.874. The first kappa shape index (κ1) is 24.0. The highest BCUT2D eigenvalue weighted by Gasteiger charge is 2.27. The standard InChI is InChI=1S/C28H26ClNO6/c29-23-15-22-24(36-28(32)33)12-14-34-25(22)16-26(23)35-21-9-7-20(8-10-21)27(31)30-13-11-17-1-3-18(4-2-17)19-5-6-19/h1-4,7-10,15-16,19,24H,5-6,11-14H2,(H,30,31)(H,32,33). The van der Waals surface area contributed by atoms with Gasteiger partial charge in [-0.1, -0.05) is 35.9 Å². The van der Waals surface area contributed by atoms with Crippen LogP contribution in [0.1, 0.15) is 58.3 Å². The maximum atomic E-state index is 12.5. The molecule has 3 aromatic carbocycles. The second kappa shape index (κ2) is 10.5. The Morgan fingerprint density at radius 2 is 1.78 bits per heavy atom. The SMILES string of the molecule is O=C(O)OC1CCOc2cc(Oc3ccc(C(=O)NCCc4ccc(C5CC5)cc4)cc3)c(Cl)cc21. The summed E-state index contributed by atoms with van der Waals surface area (Å²) in [5.74, 6) is 1.91. The second-order valence-corrected chi connectivity index (χ2v) is 9.39. The number of ether oxygens (including phenoxy) is 3. The van der Waals surface area contributed by atoms with Crippen LogP contribution in [-0.4, -0.2) is 30.3 Å². The third kappa shape index (κ3) is 5.74. The lowest BCUT2D eigenvalue weighted by molar-refractivity contribution is 0.0326. The predicted molar refractivity (Wildman–Crippen MR) is 134 cm³/mol. The van der Waals surface area contributed by atoms with Crippen molar-refractivity contribution < 1.29 is 28.9 Å². The number of nitrogens with one attached hydrogen (secondary N) is 1. The number of carbonyl (C=O) groups excluding carboxylic acids is 1. The molecule has 1 amide bonds. The molecule has 0 spiro atoms. The summed E-state index contributed by atoms with van der Waals surface area (Å²) < 4.78 is 16.5. The molecule has 1 saturated carbocycles. The monoisotopic (exact) mass is 507 g/mol. The zero-order valence-electron chi connectivity index (χ0n) is 19.5. The van der Waals surface area contributed by atoms with E-state index < -0.39 is 12.3 Å².